The number of benzene rings is 2. The summed E-state index contributed by atoms with van der Waals surface area (Å²) in [5.74, 6) is 1.66. The van der Waals surface area contributed by atoms with E-state index >= 15 is 0 Å². The second-order valence-electron chi connectivity index (χ2n) is 6.12. The van der Waals surface area contributed by atoms with Gasteiger partial charge in [-0.15, -0.1) is 0 Å². The van der Waals surface area contributed by atoms with Crippen molar-refractivity contribution in [2.75, 3.05) is 20.8 Å². The predicted octanol–water partition coefficient (Wildman–Crippen LogP) is 3.36. The van der Waals surface area contributed by atoms with Crippen molar-refractivity contribution in [2.45, 2.75) is 25.4 Å². The minimum atomic E-state index is 0.496. The van der Waals surface area contributed by atoms with Crippen LogP contribution in [0.4, 0.5) is 0 Å². The van der Waals surface area contributed by atoms with Crippen LogP contribution in [0.3, 0.4) is 0 Å². The molecule has 0 bridgehead atoms. The minimum Gasteiger partial charge on any atom is -0.493 e. The van der Waals surface area contributed by atoms with Crippen LogP contribution < -0.4 is 9.47 Å². The molecule has 0 saturated carbocycles. The van der Waals surface area contributed by atoms with Crippen LogP contribution in [0, 0.1) is 0 Å². The van der Waals surface area contributed by atoms with Crippen LogP contribution in [0.25, 0.3) is 0 Å². The van der Waals surface area contributed by atoms with Gasteiger partial charge in [0.2, 0.25) is 0 Å². The highest BCUT2D eigenvalue weighted by atomic mass is 16.5. The lowest BCUT2D eigenvalue weighted by atomic mass is 9.84. The number of ether oxygens (including phenoxy) is 2. The molecule has 2 aromatic carbocycles. The average molecular weight is 295 g/mol. The number of methoxy groups -OCH3 is 2. The van der Waals surface area contributed by atoms with Crippen molar-refractivity contribution in [3.8, 4) is 11.5 Å². The summed E-state index contributed by atoms with van der Waals surface area (Å²) in [6.07, 6.45) is 2.20. The highest BCUT2D eigenvalue weighted by Gasteiger charge is 2.32. The largest absolute Gasteiger partial charge is 0.493 e. The third-order valence-electron chi connectivity index (χ3n) is 5.02. The van der Waals surface area contributed by atoms with Crippen LogP contribution in [0.1, 0.15) is 28.3 Å². The zero-order valence-corrected chi connectivity index (χ0v) is 13.1. The van der Waals surface area contributed by atoms with Crippen molar-refractivity contribution < 1.29 is 9.47 Å². The fourth-order valence-corrected chi connectivity index (χ4v) is 3.86. The number of rotatable bonds is 2. The first-order chi connectivity index (χ1) is 10.8. The standard InChI is InChI=1S/C19H21NO2/c1-21-18-10-14-9-17-16-6-4-3-5-13(16)7-8-20(17)12-15(14)11-19(18)22-2/h3-6,10-11,17H,7-9,12H2,1-2H3. The third-order valence-corrected chi connectivity index (χ3v) is 5.02. The average Bonchev–Trinajstić information content (AvgIpc) is 2.58. The number of nitrogens with zero attached hydrogens (tertiary/aromatic N) is 1. The lowest BCUT2D eigenvalue weighted by Gasteiger charge is -2.41. The van der Waals surface area contributed by atoms with Crippen LogP contribution in [-0.2, 0) is 19.4 Å². The van der Waals surface area contributed by atoms with Crippen LogP contribution in [-0.4, -0.2) is 25.7 Å². The third kappa shape index (κ3) is 2.08. The molecule has 0 spiro atoms. The van der Waals surface area contributed by atoms with Gasteiger partial charge in [0.05, 0.1) is 14.2 Å². The second kappa shape index (κ2) is 5.33. The molecule has 0 N–H and O–H groups in total. The number of fused-ring (bicyclic) bond motifs is 4. The SMILES string of the molecule is COc1cc2c(cc1OC)CN1CCc3ccccc3C1C2. The maximum Gasteiger partial charge on any atom is 0.161 e. The van der Waals surface area contributed by atoms with Gasteiger partial charge in [-0.05, 0) is 47.2 Å². The summed E-state index contributed by atoms with van der Waals surface area (Å²) in [5, 5.41) is 0. The molecular weight excluding hydrogens is 274 g/mol. The molecule has 2 heterocycles. The Morgan fingerprint density at radius 1 is 0.955 bits per heavy atom. The van der Waals surface area contributed by atoms with Gasteiger partial charge >= 0.3 is 0 Å². The molecule has 2 aromatic rings. The van der Waals surface area contributed by atoms with Gasteiger partial charge in [0.1, 0.15) is 0 Å². The lowest BCUT2D eigenvalue weighted by molar-refractivity contribution is 0.160. The molecule has 0 aromatic heterocycles. The normalized spacial score (nSPS) is 19.8. The zero-order chi connectivity index (χ0) is 15.1. The van der Waals surface area contributed by atoms with Crippen LogP contribution in [0.5, 0.6) is 11.5 Å². The Morgan fingerprint density at radius 3 is 2.45 bits per heavy atom. The monoisotopic (exact) mass is 295 g/mol. The number of hydrogen-bond acceptors (Lipinski definition) is 3. The van der Waals surface area contributed by atoms with Gasteiger partial charge in [0, 0.05) is 19.1 Å². The van der Waals surface area contributed by atoms with Crippen LogP contribution in [0.2, 0.25) is 0 Å². The van der Waals surface area contributed by atoms with Gasteiger partial charge in [-0.2, -0.15) is 0 Å². The van der Waals surface area contributed by atoms with Gasteiger partial charge in [-0.3, -0.25) is 4.90 Å². The molecule has 0 fully saturated rings. The Labute approximate surface area is 131 Å². The van der Waals surface area contributed by atoms with Crippen molar-refractivity contribution in [1.29, 1.82) is 0 Å². The maximum absolute atomic E-state index is 5.47. The van der Waals surface area contributed by atoms with Gasteiger partial charge in [-0.25, -0.2) is 0 Å². The molecule has 0 saturated heterocycles. The predicted molar refractivity (Wildman–Crippen MR) is 86.5 cm³/mol. The van der Waals surface area contributed by atoms with Crippen molar-refractivity contribution in [3.05, 3.63) is 58.7 Å². The van der Waals surface area contributed by atoms with E-state index in [-0.39, 0.29) is 0 Å². The Morgan fingerprint density at radius 2 is 1.68 bits per heavy atom. The van der Waals surface area contributed by atoms with Crippen molar-refractivity contribution in [1.82, 2.24) is 4.90 Å². The van der Waals surface area contributed by atoms with E-state index in [1.165, 1.54) is 22.3 Å². The number of hydrogen-bond donors (Lipinski definition) is 0. The molecule has 2 aliphatic rings. The fourth-order valence-electron chi connectivity index (χ4n) is 3.86. The molecule has 3 heteroatoms. The molecule has 3 nitrogen and oxygen atoms in total. The van der Waals surface area contributed by atoms with E-state index < -0.39 is 0 Å². The van der Waals surface area contributed by atoms with Crippen LogP contribution in [0.15, 0.2) is 36.4 Å². The summed E-state index contributed by atoms with van der Waals surface area (Å²) < 4.78 is 10.9. The van der Waals surface area contributed by atoms with Gasteiger partial charge in [0.15, 0.2) is 11.5 Å². The molecule has 114 valence electrons. The first kappa shape index (κ1) is 13.6. The van der Waals surface area contributed by atoms with E-state index in [9.17, 15) is 0 Å². The Kier molecular flexibility index (Phi) is 3.30. The summed E-state index contributed by atoms with van der Waals surface area (Å²) in [6.45, 7) is 2.13. The molecule has 1 unspecified atom stereocenters. The Hall–Kier alpha value is -2.00. The van der Waals surface area contributed by atoms with E-state index in [1.807, 2.05) is 0 Å². The quantitative estimate of drug-likeness (QED) is 0.848. The molecule has 1 atom stereocenters. The molecule has 22 heavy (non-hydrogen) atoms. The molecule has 0 aliphatic carbocycles. The van der Waals surface area contributed by atoms with E-state index in [1.54, 1.807) is 14.2 Å². The van der Waals surface area contributed by atoms with E-state index in [4.69, 9.17) is 9.47 Å². The molecule has 4 rings (SSSR count). The first-order valence-electron chi connectivity index (χ1n) is 7.86. The van der Waals surface area contributed by atoms with E-state index in [0.29, 0.717) is 6.04 Å². The molecule has 0 radical (unpaired) electrons. The van der Waals surface area contributed by atoms with E-state index in [2.05, 4.69) is 41.3 Å². The fraction of sp³-hybridized carbons (Fsp3) is 0.368. The summed E-state index contributed by atoms with van der Waals surface area (Å²) in [4.78, 5) is 2.59. The highest BCUT2D eigenvalue weighted by Crippen LogP contribution is 2.41. The Balaban J connectivity index is 1.75. The summed E-state index contributed by atoms with van der Waals surface area (Å²) >= 11 is 0. The molecule has 2 aliphatic heterocycles. The molecular formula is C19H21NO2. The van der Waals surface area contributed by atoms with E-state index in [0.717, 1.165) is 37.4 Å². The molecule has 0 amide bonds. The van der Waals surface area contributed by atoms with Gasteiger partial charge in [0.25, 0.3) is 0 Å². The summed E-state index contributed by atoms with van der Waals surface area (Å²) in [6, 6.07) is 13.7. The summed E-state index contributed by atoms with van der Waals surface area (Å²) in [7, 11) is 3.41. The lowest BCUT2D eigenvalue weighted by Crippen LogP contribution is -2.39. The zero-order valence-electron chi connectivity index (χ0n) is 13.1. The minimum absolute atomic E-state index is 0.496. The second-order valence-corrected chi connectivity index (χ2v) is 6.12. The first-order valence-corrected chi connectivity index (χ1v) is 7.86. The van der Waals surface area contributed by atoms with Gasteiger partial charge in [-0.1, -0.05) is 24.3 Å². The van der Waals surface area contributed by atoms with Crippen molar-refractivity contribution in [2.24, 2.45) is 0 Å². The van der Waals surface area contributed by atoms with Gasteiger partial charge < -0.3 is 9.47 Å². The topological polar surface area (TPSA) is 21.7 Å². The van der Waals surface area contributed by atoms with Crippen LogP contribution >= 0.6 is 0 Å². The summed E-state index contributed by atoms with van der Waals surface area (Å²) in [5.41, 5.74) is 5.76. The highest BCUT2D eigenvalue weighted by molar-refractivity contribution is 5.49. The van der Waals surface area contributed by atoms with Crippen molar-refractivity contribution >= 4 is 0 Å². The Bertz CT molecular complexity index is 711. The maximum atomic E-state index is 5.47. The van der Waals surface area contributed by atoms with Crippen molar-refractivity contribution in [3.63, 3.8) is 0 Å². The smallest absolute Gasteiger partial charge is 0.161 e.